The van der Waals surface area contributed by atoms with Gasteiger partial charge in [-0.2, -0.15) is 0 Å². The number of methoxy groups -OCH3 is 2. The number of esters is 2. The summed E-state index contributed by atoms with van der Waals surface area (Å²) in [5.74, 6) is -0.685. The summed E-state index contributed by atoms with van der Waals surface area (Å²) in [6.07, 6.45) is 3.60. The molecule has 0 saturated carbocycles. The second-order valence-electron chi connectivity index (χ2n) is 10.3. The van der Waals surface area contributed by atoms with E-state index in [9.17, 15) is 9.59 Å². The summed E-state index contributed by atoms with van der Waals surface area (Å²) >= 11 is 6.96. The fourth-order valence-electron chi connectivity index (χ4n) is 4.90. The number of imidazole rings is 2. The number of hydrogen-bond donors (Lipinski definition) is 0. The van der Waals surface area contributed by atoms with Crippen molar-refractivity contribution in [2.75, 3.05) is 14.2 Å². The Morgan fingerprint density at radius 1 is 0.636 bits per heavy atom. The van der Waals surface area contributed by atoms with Gasteiger partial charge in [-0.25, -0.2) is 19.6 Å². The molecule has 6 rings (SSSR count). The van der Waals surface area contributed by atoms with Crippen LogP contribution in [-0.4, -0.2) is 45.3 Å². The van der Waals surface area contributed by atoms with Gasteiger partial charge in [0.05, 0.1) is 60.1 Å². The smallest absolute Gasteiger partial charge is 0.337 e. The van der Waals surface area contributed by atoms with Gasteiger partial charge in [0.2, 0.25) is 0 Å². The molecule has 0 amide bonds. The minimum atomic E-state index is -0.347. The summed E-state index contributed by atoms with van der Waals surface area (Å²) in [4.78, 5) is 32.0. The van der Waals surface area contributed by atoms with Crippen molar-refractivity contribution in [1.29, 1.82) is 0 Å². The van der Waals surface area contributed by atoms with E-state index in [4.69, 9.17) is 9.47 Å². The molecule has 4 aromatic carbocycles. The normalized spacial score (nSPS) is 10.9. The zero-order valence-electron chi connectivity index (χ0n) is 24.7. The van der Waals surface area contributed by atoms with Gasteiger partial charge < -0.3 is 18.6 Å². The van der Waals surface area contributed by atoms with E-state index >= 15 is 0 Å². The standard InChI is InChI=1S/2C17H15BrN2O2/c1-11-7-14(18)5-3-13(11)9-20-10-19-15-8-12(17(21)22-2)4-6-16(15)20;1-11-7-14(18)5-3-13(11)9-20-10-19-15-6-4-12(8-16(15)20)17(21)22-2/h2*3-8,10H,9H2,1-2H3. The molecule has 0 aliphatic rings. The maximum absolute atomic E-state index is 11.7. The zero-order valence-corrected chi connectivity index (χ0v) is 27.8. The molecule has 0 radical (unpaired) electrons. The Balaban J connectivity index is 0.000000175. The Kier molecular flexibility index (Phi) is 9.61. The third-order valence-electron chi connectivity index (χ3n) is 7.37. The molecule has 0 N–H and O–H groups in total. The Hall–Kier alpha value is -4.28. The van der Waals surface area contributed by atoms with Gasteiger partial charge in [-0.15, -0.1) is 0 Å². The second kappa shape index (κ2) is 13.6. The molecule has 10 heteroatoms. The first kappa shape index (κ1) is 31.2. The van der Waals surface area contributed by atoms with Crippen LogP contribution in [0.25, 0.3) is 22.1 Å². The zero-order chi connectivity index (χ0) is 31.4. The van der Waals surface area contributed by atoms with E-state index in [0.29, 0.717) is 17.7 Å². The number of carbonyl (C=O) groups excluding carboxylic acids is 2. The minimum absolute atomic E-state index is 0.338. The van der Waals surface area contributed by atoms with Crippen LogP contribution < -0.4 is 0 Å². The monoisotopic (exact) mass is 716 g/mol. The van der Waals surface area contributed by atoms with E-state index in [1.165, 1.54) is 36.5 Å². The minimum Gasteiger partial charge on any atom is -0.465 e. The highest BCUT2D eigenvalue weighted by Crippen LogP contribution is 2.22. The van der Waals surface area contributed by atoms with Gasteiger partial charge in [0, 0.05) is 22.0 Å². The molecule has 6 aromatic rings. The fourth-order valence-corrected chi connectivity index (χ4v) is 5.85. The molecule has 2 heterocycles. The number of rotatable bonds is 6. The molecule has 44 heavy (non-hydrogen) atoms. The van der Waals surface area contributed by atoms with E-state index < -0.39 is 0 Å². The second-order valence-corrected chi connectivity index (χ2v) is 12.1. The summed E-state index contributed by atoms with van der Waals surface area (Å²) in [6.45, 7) is 5.63. The van der Waals surface area contributed by atoms with Crippen LogP contribution >= 0.6 is 31.9 Å². The van der Waals surface area contributed by atoms with Crippen molar-refractivity contribution in [2.45, 2.75) is 26.9 Å². The summed E-state index contributed by atoms with van der Waals surface area (Å²) in [7, 11) is 2.76. The molecule has 0 fully saturated rings. The number of aryl methyl sites for hydroxylation is 2. The summed E-state index contributed by atoms with van der Waals surface area (Å²) < 4.78 is 15.8. The van der Waals surface area contributed by atoms with Gasteiger partial charge in [0.15, 0.2) is 0 Å². The van der Waals surface area contributed by atoms with Crippen LogP contribution in [0.3, 0.4) is 0 Å². The maximum Gasteiger partial charge on any atom is 0.337 e. The van der Waals surface area contributed by atoms with E-state index in [-0.39, 0.29) is 11.9 Å². The first-order valence-electron chi connectivity index (χ1n) is 13.7. The van der Waals surface area contributed by atoms with Crippen LogP contribution in [0.4, 0.5) is 0 Å². The van der Waals surface area contributed by atoms with Crippen molar-refractivity contribution in [3.8, 4) is 0 Å². The Labute approximate surface area is 271 Å². The summed E-state index contributed by atoms with van der Waals surface area (Å²) in [5, 5.41) is 0. The number of ether oxygens (including phenoxy) is 2. The first-order valence-corrected chi connectivity index (χ1v) is 15.3. The van der Waals surface area contributed by atoms with Crippen molar-refractivity contribution in [1.82, 2.24) is 19.1 Å². The average Bonchev–Trinajstić information content (AvgIpc) is 3.62. The lowest BCUT2D eigenvalue weighted by molar-refractivity contribution is 0.0592. The SMILES string of the molecule is COC(=O)c1ccc2c(c1)ncn2Cc1ccc(Br)cc1C.COC(=O)c1ccc2ncn(Cc3ccc(Br)cc3C)c2c1. The van der Waals surface area contributed by atoms with Crippen molar-refractivity contribution < 1.29 is 19.1 Å². The number of fused-ring (bicyclic) bond motifs is 2. The molecule has 2 aromatic heterocycles. The summed E-state index contributed by atoms with van der Waals surface area (Å²) in [5.41, 5.74) is 9.50. The lowest BCUT2D eigenvalue weighted by Gasteiger charge is -2.09. The van der Waals surface area contributed by atoms with E-state index in [0.717, 1.165) is 37.6 Å². The fraction of sp³-hybridized carbons (Fsp3) is 0.176. The van der Waals surface area contributed by atoms with Crippen LogP contribution in [0.15, 0.2) is 94.4 Å². The van der Waals surface area contributed by atoms with Gasteiger partial charge in [-0.05, 0) is 96.8 Å². The number of carbonyl (C=O) groups is 2. The highest BCUT2D eigenvalue weighted by Gasteiger charge is 2.12. The van der Waals surface area contributed by atoms with E-state index in [2.05, 4.69) is 84.5 Å². The summed E-state index contributed by atoms with van der Waals surface area (Å²) in [6, 6.07) is 23.3. The quantitative estimate of drug-likeness (QED) is 0.163. The topological polar surface area (TPSA) is 88.2 Å². The molecule has 0 spiro atoms. The number of halogens is 2. The molecule has 0 bridgehead atoms. The molecule has 0 aliphatic carbocycles. The third kappa shape index (κ3) is 6.92. The van der Waals surface area contributed by atoms with Gasteiger partial charge in [0.1, 0.15) is 0 Å². The lowest BCUT2D eigenvalue weighted by atomic mass is 10.1. The van der Waals surface area contributed by atoms with Crippen LogP contribution in [-0.2, 0) is 22.6 Å². The average molecular weight is 718 g/mol. The Morgan fingerprint density at radius 3 is 1.68 bits per heavy atom. The highest BCUT2D eigenvalue weighted by molar-refractivity contribution is 9.10. The van der Waals surface area contributed by atoms with Crippen molar-refractivity contribution in [3.05, 3.63) is 128 Å². The van der Waals surface area contributed by atoms with Crippen molar-refractivity contribution >= 4 is 65.9 Å². The van der Waals surface area contributed by atoms with Crippen LogP contribution in [0.5, 0.6) is 0 Å². The molecule has 0 saturated heterocycles. The predicted octanol–water partition coefficient (Wildman–Crippen LogP) is 7.88. The predicted molar refractivity (Wildman–Crippen MR) is 178 cm³/mol. The maximum atomic E-state index is 11.7. The van der Waals surface area contributed by atoms with E-state index in [1.54, 1.807) is 30.9 Å². The van der Waals surface area contributed by atoms with Crippen LogP contribution in [0, 0.1) is 13.8 Å². The first-order chi connectivity index (χ1) is 21.2. The largest absolute Gasteiger partial charge is 0.465 e. The van der Waals surface area contributed by atoms with Gasteiger partial charge in [-0.1, -0.05) is 44.0 Å². The van der Waals surface area contributed by atoms with Crippen molar-refractivity contribution in [2.24, 2.45) is 0 Å². The number of benzene rings is 4. The Bertz CT molecular complexity index is 2000. The van der Waals surface area contributed by atoms with Crippen LogP contribution in [0.1, 0.15) is 43.0 Å². The molecule has 0 aliphatic heterocycles. The highest BCUT2D eigenvalue weighted by atomic mass is 79.9. The van der Waals surface area contributed by atoms with Gasteiger partial charge in [0.25, 0.3) is 0 Å². The van der Waals surface area contributed by atoms with Crippen LogP contribution in [0.2, 0.25) is 0 Å². The molecule has 0 atom stereocenters. The molecule has 224 valence electrons. The molecule has 0 unspecified atom stereocenters. The molecular formula is C34H30Br2N4O4. The van der Waals surface area contributed by atoms with E-state index in [1.807, 2.05) is 34.9 Å². The van der Waals surface area contributed by atoms with Gasteiger partial charge >= 0.3 is 11.9 Å². The van der Waals surface area contributed by atoms with Crippen molar-refractivity contribution in [3.63, 3.8) is 0 Å². The number of nitrogens with zero attached hydrogens (tertiary/aromatic N) is 4. The Morgan fingerprint density at radius 2 is 1.14 bits per heavy atom. The lowest BCUT2D eigenvalue weighted by Crippen LogP contribution is -2.03. The third-order valence-corrected chi connectivity index (χ3v) is 8.36. The molecule has 8 nitrogen and oxygen atoms in total. The molecular weight excluding hydrogens is 688 g/mol. The number of hydrogen-bond acceptors (Lipinski definition) is 6. The number of aromatic nitrogens is 4. The van der Waals surface area contributed by atoms with Gasteiger partial charge in [-0.3, -0.25) is 0 Å².